The predicted molar refractivity (Wildman–Crippen MR) is 42.4 cm³/mol. The second kappa shape index (κ2) is 10.1. The normalized spacial score (nSPS) is 11.8. The molecule has 0 aliphatic rings. The molecule has 0 aromatic carbocycles. The summed E-state index contributed by atoms with van der Waals surface area (Å²) in [7, 11) is -5.36. The van der Waals surface area contributed by atoms with E-state index in [1.54, 1.807) is 0 Å². The fraction of sp³-hybridized carbons (Fsp3) is 0.667. The molecule has 0 rings (SSSR count). The Morgan fingerprint density at radius 2 is 1.76 bits per heavy atom. The smallest absolute Gasteiger partial charge is 0.805 e. The Hall–Kier alpha value is 1.21. The maximum absolute atomic E-state index is 10.6. The Morgan fingerprint density at radius 3 is 2.06 bits per heavy atom. The van der Waals surface area contributed by atoms with Crippen LogP contribution < -0.4 is 68.9 Å². The minimum atomic E-state index is -5.36. The summed E-state index contributed by atoms with van der Waals surface area (Å²) >= 11 is 0. The van der Waals surface area contributed by atoms with Gasteiger partial charge in [0, 0.05) is 20.9 Å². The molecule has 1 unspecified atom stereocenters. The zero-order chi connectivity index (χ0) is 12.2. The maximum Gasteiger partial charge on any atom is 1.00 e. The van der Waals surface area contributed by atoms with Crippen molar-refractivity contribution in [3.05, 3.63) is 0 Å². The second-order valence-corrected chi connectivity index (χ2v) is 4.34. The summed E-state index contributed by atoms with van der Waals surface area (Å²) in [6, 6.07) is 0. The molecule has 0 fully saturated rings. The van der Waals surface area contributed by atoms with Crippen molar-refractivity contribution in [3.63, 3.8) is 0 Å². The van der Waals surface area contributed by atoms with Crippen molar-refractivity contribution in [2.75, 3.05) is 6.54 Å². The summed E-state index contributed by atoms with van der Waals surface area (Å²) in [5.74, 6) is -0.783. The molecular weight excluding hydrogens is 275 g/mol. The first kappa shape index (κ1) is 23.3. The van der Waals surface area contributed by atoms with Crippen molar-refractivity contribution in [3.8, 4) is 0 Å². The monoisotopic (exact) mass is 285 g/mol. The van der Waals surface area contributed by atoms with Gasteiger partial charge < -0.3 is 19.5 Å². The summed E-state index contributed by atoms with van der Waals surface area (Å²) < 4.78 is 10.2. The van der Waals surface area contributed by atoms with Crippen LogP contribution in [-0.2, 0) is 14.2 Å². The zero-order valence-corrected chi connectivity index (χ0v) is 14.7. The van der Waals surface area contributed by atoms with Crippen LogP contribution in [0.25, 0.3) is 0 Å². The standard InChI is InChI=1S/C6H12NO7P.2Na/c1-4(8)7(11)3-5(9)2-6(10)15(12,13)14;;/h5,9,11H,2-3H2,1H3,(H2,12,13,14);;/q;2*+1/p-2. The van der Waals surface area contributed by atoms with Crippen LogP contribution >= 0.6 is 7.60 Å². The molecule has 88 valence electrons. The molecule has 17 heavy (non-hydrogen) atoms. The van der Waals surface area contributed by atoms with Gasteiger partial charge in [0.2, 0.25) is 5.91 Å². The van der Waals surface area contributed by atoms with Crippen molar-refractivity contribution < 1.29 is 93.4 Å². The third-order valence-electron chi connectivity index (χ3n) is 1.46. The molecule has 1 atom stereocenters. The minimum absolute atomic E-state index is 0. The third kappa shape index (κ3) is 10.8. The van der Waals surface area contributed by atoms with Crippen molar-refractivity contribution in [2.24, 2.45) is 0 Å². The Morgan fingerprint density at radius 1 is 1.35 bits per heavy atom. The van der Waals surface area contributed by atoms with Crippen LogP contribution in [-0.4, -0.2) is 39.5 Å². The molecule has 0 aliphatic heterocycles. The Balaban J connectivity index is -0.000000980. The van der Waals surface area contributed by atoms with Gasteiger partial charge in [-0.3, -0.25) is 14.8 Å². The van der Waals surface area contributed by atoms with Crippen LogP contribution in [0.3, 0.4) is 0 Å². The van der Waals surface area contributed by atoms with Crippen LogP contribution in [0.1, 0.15) is 13.3 Å². The van der Waals surface area contributed by atoms with Gasteiger partial charge in [-0.05, 0) is 0 Å². The van der Waals surface area contributed by atoms with E-state index >= 15 is 0 Å². The molecule has 0 heterocycles. The van der Waals surface area contributed by atoms with Crippen molar-refractivity contribution in [2.45, 2.75) is 19.4 Å². The van der Waals surface area contributed by atoms with E-state index in [0.717, 1.165) is 6.92 Å². The number of amides is 1. The van der Waals surface area contributed by atoms with Crippen LogP contribution in [0.4, 0.5) is 0 Å². The Labute approximate surface area is 142 Å². The van der Waals surface area contributed by atoms with Crippen LogP contribution in [0, 0.1) is 0 Å². The van der Waals surface area contributed by atoms with Gasteiger partial charge in [0.05, 0.1) is 12.6 Å². The van der Waals surface area contributed by atoms with Crippen LogP contribution in [0.2, 0.25) is 0 Å². The summed E-state index contributed by atoms with van der Waals surface area (Å²) in [6.45, 7) is 0.363. The van der Waals surface area contributed by atoms with E-state index < -0.39 is 38.1 Å². The molecule has 0 saturated carbocycles. The molecule has 8 nitrogen and oxygen atoms in total. The predicted octanol–water partition coefficient (Wildman–Crippen LogP) is -8.58. The van der Waals surface area contributed by atoms with E-state index in [4.69, 9.17) is 10.3 Å². The number of aliphatic hydroxyl groups is 1. The molecule has 1 amide bonds. The number of carbonyl (C=O) groups is 2. The van der Waals surface area contributed by atoms with Crippen molar-refractivity contribution >= 4 is 19.0 Å². The van der Waals surface area contributed by atoms with Gasteiger partial charge in [0.1, 0.15) is 0 Å². The third-order valence-corrected chi connectivity index (χ3v) is 2.26. The van der Waals surface area contributed by atoms with Gasteiger partial charge in [0.25, 0.3) is 0 Å². The molecular formula is C6H10NNa2O7P. The van der Waals surface area contributed by atoms with Crippen LogP contribution in [0.15, 0.2) is 0 Å². The Bertz CT molecular complexity index is 307. The van der Waals surface area contributed by atoms with E-state index in [9.17, 15) is 23.9 Å². The van der Waals surface area contributed by atoms with E-state index in [-0.39, 0.29) is 64.2 Å². The van der Waals surface area contributed by atoms with E-state index in [2.05, 4.69) is 0 Å². The largest absolute Gasteiger partial charge is 1.00 e. The first-order chi connectivity index (χ1) is 6.64. The van der Waals surface area contributed by atoms with Gasteiger partial charge in [0.15, 0.2) is 5.52 Å². The van der Waals surface area contributed by atoms with E-state index in [1.807, 2.05) is 0 Å². The number of carbonyl (C=O) groups excluding carboxylic acids is 2. The van der Waals surface area contributed by atoms with Gasteiger partial charge in [-0.1, -0.05) is 0 Å². The number of hydrogen-bond acceptors (Lipinski definition) is 7. The second-order valence-electron chi connectivity index (χ2n) is 2.85. The molecule has 11 heteroatoms. The number of rotatable bonds is 5. The average molecular weight is 285 g/mol. The molecule has 0 aliphatic carbocycles. The molecule has 0 radical (unpaired) electrons. The van der Waals surface area contributed by atoms with E-state index in [0.29, 0.717) is 0 Å². The van der Waals surface area contributed by atoms with E-state index in [1.165, 1.54) is 0 Å². The molecule has 2 N–H and O–H groups in total. The summed E-state index contributed by atoms with van der Waals surface area (Å²) in [5.41, 5.74) is -1.66. The molecule has 0 spiro atoms. The summed E-state index contributed by atoms with van der Waals surface area (Å²) in [6.07, 6.45) is -2.54. The van der Waals surface area contributed by atoms with Crippen molar-refractivity contribution in [1.82, 2.24) is 5.06 Å². The first-order valence-electron chi connectivity index (χ1n) is 3.85. The van der Waals surface area contributed by atoms with Gasteiger partial charge in [-0.15, -0.1) is 0 Å². The number of aliphatic hydroxyl groups excluding tert-OH is 1. The van der Waals surface area contributed by atoms with Gasteiger partial charge in [-0.2, -0.15) is 0 Å². The molecule has 0 aromatic rings. The Kier molecular flexibility index (Phi) is 13.8. The average Bonchev–Trinajstić information content (AvgIpc) is 2.01. The fourth-order valence-corrected chi connectivity index (χ4v) is 1.14. The fourth-order valence-electron chi connectivity index (χ4n) is 0.706. The molecule has 0 bridgehead atoms. The quantitative estimate of drug-likeness (QED) is 0.221. The van der Waals surface area contributed by atoms with Gasteiger partial charge >= 0.3 is 59.1 Å². The number of hydroxylamine groups is 2. The number of hydrogen-bond donors (Lipinski definition) is 2. The molecule has 0 saturated heterocycles. The summed E-state index contributed by atoms with van der Waals surface area (Å²) in [5, 5.41) is 17.9. The van der Waals surface area contributed by atoms with Gasteiger partial charge in [-0.25, -0.2) is 5.06 Å². The topological polar surface area (TPSA) is 141 Å². The van der Waals surface area contributed by atoms with Crippen molar-refractivity contribution in [1.29, 1.82) is 0 Å². The van der Waals surface area contributed by atoms with Crippen LogP contribution in [0.5, 0.6) is 0 Å². The molecule has 0 aromatic heterocycles. The SMILES string of the molecule is CC(=O)N(O)CC(O)CC(=O)P(=O)([O-])[O-].[Na+].[Na+]. The summed E-state index contributed by atoms with van der Waals surface area (Å²) in [4.78, 5) is 41.4. The maximum atomic E-state index is 10.6. The first-order valence-corrected chi connectivity index (χ1v) is 5.39. The number of nitrogens with zero attached hydrogens (tertiary/aromatic N) is 1. The zero-order valence-electron chi connectivity index (χ0n) is 9.82. The minimum Gasteiger partial charge on any atom is -0.805 e.